The number of hydrogen-bond acceptors (Lipinski definition) is 2. The Morgan fingerprint density at radius 2 is 1.83 bits per heavy atom. The maximum absolute atomic E-state index is 9.15. The van der Waals surface area contributed by atoms with Crippen LogP contribution in [0.5, 0.6) is 0 Å². The van der Waals surface area contributed by atoms with Gasteiger partial charge >= 0.3 is 0 Å². The fourth-order valence-electron chi connectivity index (χ4n) is 2.65. The Morgan fingerprint density at radius 1 is 1.17 bits per heavy atom. The van der Waals surface area contributed by atoms with E-state index in [1.54, 1.807) is 0 Å². The van der Waals surface area contributed by atoms with Crippen molar-refractivity contribution in [1.29, 1.82) is 0 Å². The van der Waals surface area contributed by atoms with Crippen molar-refractivity contribution in [2.75, 3.05) is 6.61 Å². The van der Waals surface area contributed by atoms with Crippen LogP contribution in [0, 0.1) is 0 Å². The van der Waals surface area contributed by atoms with Crippen molar-refractivity contribution >= 4 is 11.6 Å². The number of benzene rings is 2. The number of halogens is 1. The number of allylic oxidation sites excluding steroid dienone is 1. The third kappa shape index (κ3) is 4.23. The van der Waals surface area contributed by atoms with Crippen LogP contribution in [0.25, 0.3) is 0 Å². The molecule has 3 rings (SSSR count). The van der Waals surface area contributed by atoms with Crippen LogP contribution in [0.3, 0.4) is 0 Å². The number of rotatable bonds is 4. The van der Waals surface area contributed by atoms with Crippen molar-refractivity contribution in [3.05, 3.63) is 83.4 Å². The molecule has 0 amide bonds. The maximum atomic E-state index is 9.15. The van der Waals surface area contributed by atoms with Crippen LogP contribution >= 0.6 is 11.6 Å². The van der Waals surface area contributed by atoms with E-state index in [-0.39, 0.29) is 6.61 Å². The van der Waals surface area contributed by atoms with Gasteiger partial charge in [-0.25, -0.2) is 0 Å². The van der Waals surface area contributed by atoms with Gasteiger partial charge in [-0.05, 0) is 35.6 Å². The molecule has 1 aliphatic rings. The molecule has 2 nitrogen and oxygen atoms in total. The first-order valence-corrected chi connectivity index (χ1v) is 8.25. The summed E-state index contributed by atoms with van der Waals surface area (Å²) in [5, 5.41) is 9.15. The van der Waals surface area contributed by atoms with Gasteiger partial charge in [-0.1, -0.05) is 54.6 Å². The Morgan fingerprint density at radius 3 is 2.48 bits per heavy atom. The lowest BCUT2D eigenvalue weighted by molar-refractivity contribution is -0.0604. The molecule has 1 heterocycles. The number of ether oxygens (including phenoxy) is 1. The Balaban J connectivity index is 0.000000168. The van der Waals surface area contributed by atoms with E-state index in [1.807, 2.05) is 55.5 Å². The molecule has 2 aromatic rings. The molecule has 1 aliphatic heterocycles. The zero-order valence-electron chi connectivity index (χ0n) is 13.5. The van der Waals surface area contributed by atoms with Gasteiger partial charge in [-0.3, -0.25) is 0 Å². The molecule has 0 radical (unpaired) electrons. The largest absolute Gasteiger partial charge is 0.393 e. The standard InChI is InChI=1S/C10H11Cl.C10H12O2/c1-2-5-9-6-3-4-7-10(9)8-11;1-10(7-11)9-5-3-2-4-8(9)6-12-10/h2-4,6-7H,1,5,8H2;2-5,11H,6-7H2,1H3. The van der Waals surface area contributed by atoms with Gasteiger partial charge in [0.2, 0.25) is 0 Å². The van der Waals surface area contributed by atoms with E-state index in [2.05, 4.69) is 12.6 Å². The summed E-state index contributed by atoms with van der Waals surface area (Å²) < 4.78 is 5.51. The minimum Gasteiger partial charge on any atom is -0.393 e. The van der Waals surface area contributed by atoms with Gasteiger partial charge in [0.25, 0.3) is 0 Å². The van der Waals surface area contributed by atoms with Crippen molar-refractivity contribution in [2.45, 2.75) is 31.4 Å². The van der Waals surface area contributed by atoms with Crippen molar-refractivity contribution in [1.82, 2.24) is 0 Å². The van der Waals surface area contributed by atoms with Crippen LogP contribution in [-0.4, -0.2) is 11.7 Å². The molecular weight excluding hydrogens is 308 g/mol. The molecule has 2 aromatic carbocycles. The van der Waals surface area contributed by atoms with Crippen LogP contribution < -0.4 is 0 Å². The number of hydrogen-bond donors (Lipinski definition) is 1. The van der Waals surface area contributed by atoms with Crippen molar-refractivity contribution in [2.24, 2.45) is 0 Å². The zero-order valence-corrected chi connectivity index (χ0v) is 14.2. The third-order valence-electron chi connectivity index (χ3n) is 4.06. The lowest BCUT2D eigenvalue weighted by atomic mass is 9.95. The molecule has 1 atom stereocenters. The predicted octanol–water partition coefficient (Wildman–Crippen LogP) is 4.58. The van der Waals surface area contributed by atoms with E-state index < -0.39 is 5.60 Å². The van der Waals surface area contributed by atoms with Crippen molar-refractivity contribution in [3.63, 3.8) is 0 Å². The first-order chi connectivity index (χ1) is 11.1. The van der Waals surface area contributed by atoms with E-state index in [0.29, 0.717) is 12.5 Å². The van der Waals surface area contributed by atoms with Gasteiger partial charge in [0.05, 0.1) is 13.2 Å². The van der Waals surface area contributed by atoms with Gasteiger partial charge in [0.1, 0.15) is 5.60 Å². The molecule has 0 saturated heterocycles. The highest BCUT2D eigenvalue weighted by atomic mass is 35.5. The number of aliphatic hydroxyl groups is 1. The highest BCUT2D eigenvalue weighted by Crippen LogP contribution is 2.35. The molecule has 3 heteroatoms. The summed E-state index contributed by atoms with van der Waals surface area (Å²) in [4.78, 5) is 0. The minimum atomic E-state index is -0.476. The fraction of sp³-hybridized carbons (Fsp3) is 0.300. The van der Waals surface area contributed by atoms with Crippen LogP contribution in [-0.2, 0) is 29.2 Å². The molecule has 1 N–H and O–H groups in total. The van der Waals surface area contributed by atoms with Crippen LogP contribution in [0.4, 0.5) is 0 Å². The van der Waals surface area contributed by atoms with E-state index in [4.69, 9.17) is 21.4 Å². The Bertz CT molecular complexity index is 654. The molecule has 122 valence electrons. The number of aliphatic hydroxyl groups excluding tert-OH is 1. The average molecular weight is 331 g/mol. The van der Waals surface area contributed by atoms with E-state index in [1.165, 1.54) is 16.7 Å². The summed E-state index contributed by atoms with van der Waals surface area (Å²) in [5.41, 5.74) is 4.31. The second kappa shape index (κ2) is 8.30. The van der Waals surface area contributed by atoms with Crippen molar-refractivity contribution in [3.8, 4) is 0 Å². The predicted molar refractivity (Wildman–Crippen MR) is 95.6 cm³/mol. The summed E-state index contributed by atoms with van der Waals surface area (Å²) >= 11 is 5.73. The molecule has 0 saturated carbocycles. The molecule has 0 fully saturated rings. The second-order valence-electron chi connectivity index (χ2n) is 5.73. The van der Waals surface area contributed by atoms with Gasteiger partial charge in [-0.15, -0.1) is 18.2 Å². The van der Waals surface area contributed by atoms with E-state index >= 15 is 0 Å². The van der Waals surface area contributed by atoms with E-state index in [0.717, 1.165) is 12.0 Å². The lowest BCUT2D eigenvalue weighted by Gasteiger charge is -2.21. The summed E-state index contributed by atoms with van der Waals surface area (Å²) in [7, 11) is 0. The zero-order chi connectivity index (χ0) is 16.7. The SMILES string of the molecule is C=CCc1ccccc1CCl.CC1(CO)OCc2ccccc21. The smallest absolute Gasteiger partial charge is 0.114 e. The Hall–Kier alpha value is -1.61. The highest BCUT2D eigenvalue weighted by Gasteiger charge is 2.34. The van der Waals surface area contributed by atoms with Crippen LogP contribution in [0.15, 0.2) is 61.2 Å². The van der Waals surface area contributed by atoms with Gasteiger partial charge in [0.15, 0.2) is 0 Å². The summed E-state index contributed by atoms with van der Waals surface area (Å²) in [6.07, 6.45) is 2.80. The summed E-state index contributed by atoms with van der Waals surface area (Å²) in [5.74, 6) is 0.587. The average Bonchev–Trinajstić information content (AvgIpc) is 2.95. The van der Waals surface area contributed by atoms with Gasteiger partial charge in [-0.2, -0.15) is 0 Å². The number of alkyl halides is 1. The molecule has 0 bridgehead atoms. The lowest BCUT2D eigenvalue weighted by Crippen LogP contribution is -2.25. The first kappa shape index (κ1) is 17.7. The van der Waals surface area contributed by atoms with Gasteiger partial charge < -0.3 is 9.84 Å². The fourth-order valence-corrected chi connectivity index (χ4v) is 2.91. The molecule has 0 spiro atoms. The summed E-state index contributed by atoms with van der Waals surface area (Å²) in [6, 6.07) is 16.2. The molecule has 0 aliphatic carbocycles. The first-order valence-electron chi connectivity index (χ1n) is 7.71. The Labute approximate surface area is 143 Å². The van der Waals surface area contributed by atoms with Crippen LogP contribution in [0.2, 0.25) is 0 Å². The monoisotopic (exact) mass is 330 g/mol. The summed E-state index contributed by atoms with van der Waals surface area (Å²) in [6.45, 7) is 6.27. The molecule has 1 unspecified atom stereocenters. The number of fused-ring (bicyclic) bond motifs is 1. The molecule has 0 aromatic heterocycles. The topological polar surface area (TPSA) is 29.5 Å². The van der Waals surface area contributed by atoms with E-state index in [9.17, 15) is 0 Å². The molecule has 23 heavy (non-hydrogen) atoms. The normalized spacial score (nSPS) is 18.7. The van der Waals surface area contributed by atoms with Crippen LogP contribution in [0.1, 0.15) is 29.2 Å². The minimum absolute atomic E-state index is 0.0456. The second-order valence-corrected chi connectivity index (χ2v) is 6.00. The third-order valence-corrected chi connectivity index (χ3v) is 4.35. The highest BCUT2D eigenvalue weighted by molar-refractivity contribution is 6.17. The quantitative estimate of drug-likeness (QED) is 0.657. The maximum Gasteiger partial charge on any atom is 0.114 e. The Kier molecular flexibility index (Phi) is 6.40. The van der Waals surface area contributed by atoms with Gasteiger partial charge in [0, 0.05) is 5.88 Å². The van der Waals surface area contributed by atoms with Crippen molar-refractivity contribution < 1.29 is 9.84 Å². The molecular formula is C20H23ClO2.